The van der Waals surface area contributed by atoms with Gasteiger partial charge in [-0.05, 0) is 56.1 Å². The normalized spacial score (nSPS) is 14.2. The standard InChI is InChI=1S/C22H24N4O2/c1-14(25(2)3)13-23-21(27)17-9-6-10-26-20(17)24-19-12-16-8-5-4-7-15(16)11-18(19)22(26)28/h4-12,14,21,23,27H,13H2,1-3H3. The minimum Gasteiger partial charge on any atom is -0.374 e. The van der Waals surface area contributed by atoms with E-state index >= 15 is 0 Å². The van der Waals surface area contributed by atoms with Gasteiger partial charge < -0.3 is 10.0 Å². The van der Waals surface area contributed by atoms with E-state index in [1.54, 1.807) is 18.3 Å². The minimum absolute atomic E-state index is 0.138. The summed E-state index contributed by atoms with van der Waals surface area (Å²) < 4.78 is 1.51. The molecule has 4 aromatic rings. The highest BCUT2D eigenvalue weighted by Crippen LogP contribution is 2.22. The molecular formula is C22H24N4O2. The highest BCUT2D eigenvalue weighted by atomic mass is 16.3. The van der Waals surface area contributed by atoms with Crippen molar-refractivity contribution in [3.63, 3.8) is 0 Å². The molecule has 144 valence electrons. The van der Waals surface area contributed by atoms with E-state index in [0.717, 1.165) is 10.8 Å². The van der Waals surface area contributed by atoms with E-state index in [-0.39, 0.29) is 11.6 Å². The van der Waals surface area contributed by atoms with Gasteiger partial charge in [-0.15, -0.1) is 0 Å². The maximum atomic E-state index is 13.1. The topological polar surface area (TPSA) is 69.9 Å². The first-order valence-electron chi connectivity index (χ1n) is 9.37. The van der Waals surface area contributed by atoms with Gasteiger partial charge in [0.25, 0.3) is 5.56 Å². The predicted octanol–water partition coefficient (Wildman–Crippen LogP) is 2.53. The van der Waals surface area contributed by atoms with Crippen LogP contribution in [0.2, 0.25) is 0 Å². The molecule has 0 fully saturated rings. The SMILES string of the molecule is CC(CNC(O)c1cccn2c(=O)c3cc4ccccc4cc3nc12)N(C)C. The maximum Gasteiger partial charge on any atom is 0.265 e. The van der Waals surface area contributed by atoms with Gasteiger partial charge in [0.1, 0.15) is 11.9 Å². The molecule has 0 aliphatic carbocycles. The van der Waals surface area contributed by atoms with Gasteiger partial charge in [-0.3, -0.25) is 14.5 Å². The van der Waals surface area contributed by atoms with Crippen molar-refractivity contribution in [3.05, 3.63) is 70.6 Å². The van der Waals surface area contributed by atoms with Crippen LogP contribution in [0.5, 0.6) is 0 Å². The third-order valence-corrected chi connectivity index (χ3v) is 5.32. The first-order chi connectivity index (χ1) is 13.5. The summed E-state index contributed by atoms with van der Waals surface area (Å²) in [7, 11) is 3.99. The lowest BCUT2D eigenvalue weighted by atomic mass is 10.1. The van der Waals surface area contributed by atoms with Gasteiger partial charge in [0.2, 0.25) is 0 Å². The molecule has 6 heteroatoms. The minimum atomic E-state index is -0.914. The highest BCUT2D eigenvalue weighted by Gasteiger charge is 2.16. The Bertz CT molecular complexity index is 1220. The van der Waals surface area contributed by atoms with Crippen LogP contribution in [0.25, 0.3) is 27.3 Å². The number of likely N-dealkylation sites (N-methyl/N-ethyl adjacent to an activating group) is 1. The van der Waals surface area contributed by atoms with Crippen LogP contribution >= 0.6 is 0 Å². The van der Waals surface area contributed by atoms with Crippen molar-refractivity contribution < 1.29 is 5.11 Å². The summed E-state index contributed by atoms with van der Waals surface area (Å²) in [6.07, 6.45) is 0.779. The smallest absolute Gasteiger partial charge is 0.265 e. The Morgan fingerprint density at radius 2 is 1.86 bits per heavy atom. The number of pyridine rings is 1. The first kappa shape index (κ1) is 18.6. The molecule has 0 aliphatic heterocycles. The second-order valence-corrected chi connectivity index (χ2v) is 7.41. The summed E-state index contributed by atoms with van der Waals surface area (Å²) in [4.78, 5) is 19.9. The van der Waals surface area contributed by atoms with E-state index in [1.165, 1.54) is 4.40 Å². The Hall–Kier alpha value is -2.80. The predicted molar refractivity (Wildman–Crippen MR) is 113 cm³/mol. The van der Waals surface area contributed by atoms with Crippen LogP contribution in [0, 0.1) is 0 Å². The van der Waals surface area contributed by atoms with Gasteiger partial charge >= 0.3 is 0 Å². The zero-order chi connectivity index (χ0) is 19.8. The molecule has 4 rings (SSSR count). The number of hydrogen-bond donors (Lipinski definition) is 2. The molecule has 0 saturated carbocycles. The fraction of sp³-hybridized carbons (Fsp3) is 0.273. The number of aromatic nitrogens is 2. The number of aliphatic hydroxyl groups excluding tert-OH is 1. The van der Waals surface area contributed by atoms with E-state index in [9.17, 15) is 9.90 Å². The molecule has 28 heavy (non-hydrogen) atoms. The van der Waals surface area contributed by atoms with Crippen molar-refractivity contribution in [2.45, 2.75) is 19.2 Å². The van der Waals surface area contributed by atoms with E-state index in [0.29, 0.717) is 28.7 Å². The molecule has 0 spiro atoms. The van der Waals surface area contributed by atoms with Crippen LogP contribution in [0.1, 0.15) is 18.7 Å². The van der Waals surface area contributed by atoms with Gasteiger partial charge in [0.05, 0.1) is 10.9 Å². The van der Waals surface area contributed by atoms with E-state index in [2.05, 4.69) is 17.1 Å². The first-order valence-corrected chi connectivity index (χ1v) is 9.37. The van der Waals surface area contributed by atoms with Crippen molar-refractivity contribution in [2.75, 3.05) is 20.6 Å². The number of nitrogens with one attached hydrogen (secondary N) is 1. The summed E-state index contributed by atoms with van der Waals surface area (Å²) in [5, 5.41) is 16.4. The summed E-state index contributed by atoms with van der Waals surface area (Å²) in [6.45, 7) is 2.68. The molecule has 6 nitrogen and oxygen atoms in total. The van der Waals surface area contributed by atoms with E-state index in [4.69, 9.17) is 4.98 Å². The zero-order valence-electron chi connectivity index (χ0n) is 16.3. The molecule has 0 aliphatic rings. The number of aliphatic hydroxyl groups is 1. The van der Waals surface area contributed by atoms with Gasteiger partial charge in [-0.1, -0.05) is 24.3 Å². The summed E-state index contributed by atoms with van der Waals surface area (Å²) >= 11 is 0. The molecular weight excluding hydrogens is 352 g/mol. The molecule has 0 amide bonds. The van der Waals surface area contributed by atoms with Crippen molar-refractivity contribution in [1.82, 2.24) is 19.6 Å². The monoisotopic (exact) mass is 376 g/mol. The summed E-state index contributed by atoms with van der Waals surface area (Å²) in [6, 6.07) is 15.5. The lowest BCUT2D eigenvalue weighted by Crippen LogP contribution is -2.37. The van der Waals surface area contributed by atoms with Crippen LogP contribution in [0.3, 0.4) is 0 Å². The Labute approximate surface area is 163 Å². The van der Waals surface area contributed by atoms with E-state index < -0.39 is 6.23 Å². The van der Waals surface area contributed by atoms with Crippen LogP contribution in [0.4, 0.5) is 0 Å². The van der Waals surface area contributed by atoms with Crippen molar-refractivity contribution >= 4 is 27.3 Å². The number of fused-ring (bicyclic) bond motifs is 3. The number of nitrogens with zero attached hydrogens (tertiary/aromatic N) is 3. The largest absolute Gasteiger partial charge is 0.374 e. The summed E-state index contributed by atoms with van der Waals surface area (Å²) in [5.41, 5.74) is 1.54. The molecule has 2 N–H and O–H groups in total. The quantitative estimate of drug-likeness (QED) is 0.414. The second-order valence-electron chi connectivity index (χ2n) is 7.41. The Morgan fingerprint density at radius 3 is 2.57 bits per heavy atom. The second kappa shape index (κ2) is 7.31. The average Bonchev–Trinajstić information content (AvgIpc) is 2.70. The Balaban J connectivity index is 1.84. The number of rotatable bonds is 5. The van der Waals surface area contributed by atoms with Crippen LogP contribution in [0.15, 0.2) is 59.5 Å². The van der Waals surface area contributed by atoms with E-state index in [1.807, 2.05) is 50.5 Å². The van der Waals surface area contributed by atoms with Gasteiger partial charge in [0, 0.05) is 24.3 Å². The van der Waals surface area contributed by atoms with Gasteiger partial charge in [-0.2, -0.15) is 0 Å². The molecule has 2 aromatic carbocycles. The summed E-state index contributed by atoms with van der Waals surface area (Å²) in [5.74, 6) is 0. The molecule has 2 unspecified atom stereocenters. The van der Waals surface area contributed by atoms with Crippen LogP contribution in [-0.4, -0.2) is 46.1 Å². The number of hydrogen-bond acceptors (Lipinski definition) is 5. The van der Waals surface area contributed by atoms with Crippen molar-refractivity contribution in [1.29, 1.82) is 0 Å². The number of benzene rings is 2. The highest BCUT2D eigenvalue weighted by molar-refractivity contribution is 5.96. The lowest BCUT2D eigenvalue weighted by Gasteiger charge is -2.22. The molecule has 0 radical (unpaired) electrons. The van der Waals surface area contributed by atoms with Gasteiger partial charge in [-0.25, -0.2) is 4.98 Å². The molecule has 2 heterocycles. The van der Waals surface area contributed by atoms with Crippen LogP contribution in [-0.2, 0) is 0 Å². The fourth-order valence-corrected chi connectivity index (χ4v) is 3.32. The fourth-order valence-electron chi connectivity index (χ4n) is 3.32. The third kappa shape index (κ3) is 3.26. The van der Waals surface area contributed by atoms with Crippen LogP contribution < -0.4 is 10.9 Å². The average molecular weight is 376 g/mol. The Kier molecular flexibility index (Phi) is 4.85. The molecule has 0 bridgehead atoms. The molecule has 0 saturated heterocycles. The zero-order valence-corrected chi connectivity index (χ0v) is 16.3. The third-order valence-electron chi connectivity index (χ3n) is 5.32. The molecule has 2 aromatic heterocycles. The maximum absolute atomic E-state index is 13.1. The van der Waals surface area contributed by atoms with Crippen molar-refractivity contribution in [2.24, 2.45) is 0 Å². The lowest BCUT2D eigenvalue weighted by molar-refractivity contribution is 0.129. The van der Waals surface area contributed by atoms with Gasteiger partial charge in [0.15, 0.2) is 0 Å². The molecule has 2 atom stereocenters. The Morgan fingerprint density at radius 1 is 1.14 bits per heavy atom. The van der Waals surface area contributed by atoms with Crippen molar-refractivity contribution in [3.8, 4) is 0 Å².